The Hall–Kier alpha value is -2.24. The minimum absolute atomic E-state index is 0.0128. The Bertz CT molecular complexity index is 781. The number of nitrogens with zero attached hydrogens (tertiary/aromatic N) is 1. The summed E-state index contributed by atoms with van der Waals surface area (Å²) in [4.78, 5) is 14.9. The lowest BCUT2D eigenvalue weighted by atomic mass is 9.66. The first-order chi connectivity index (χ1) is 12.5. The van der Waals surface area contributed by atoms with E-state index in [1.165, 1.54) is 5.57 Å². The lowest BCUT2D eigenvalue weighted by Crippen LogP contribution is -2.45. The van der Waals surface area contributed by atoms with E-state index in [4.69, 9.17) is 4.74 Å². The Kier molecular flexibility index (Phi) is 4.87. The van der Waals surface area contributed by atoms with Gasteiger partial charge in [0.15, 0.2) is 0 Å². The summed E-state index contributed by atoms with van der Waals surface area (Å²) >= 11 is 0. The molecule has 6 heteroatoms. The zero-order chi connectivity index (χ0) is 20.0. The van der Waals surface area contributed by atoms with Crippen LogP contribution in [-0.4, -0.2) is 22.4 Å². The van der Waals surface area contributed by atoms with Gasteiger partial charge in [-0.3, -0.25) is 0 Å². The first-order valence-electron chi connectivity index (χ1n) is 9.50. The van der Waals surface area contributed by atoms with Gasteiger partial charge in [0.1, 0.15) is 17.1 Å². The molecule has 6 nitrogen and oxygen atoms in total. The minimum Gasteiger partial charge on any atom is -0.508 e. The van der Waals surface area contributed by atoms with Crippen molar-refractivity contribution in [3.8, 4) is 11.5 Å². The number of phenolic OH excluding ortho intramolecular Hbond substituents is 1. The van der Waals surface area contributed by atoms with Gasteiger partial charge in [-0.25, -0.2) is 0 Å². The maximum atomic E-state index is 10.9. The molecule has 0 bridgehead atoms. The molecule has 1 aliphatic heterocycles. The molecule has 1 aromatic rings. The highest BCUT2D eigenvalue weighted by atomic mass is 16.9. The van der Waals surface area contributed by atoms with Crippen LogP contribution in [0.2, 0.25) is 0 Å². The van der Waals surface area contributed by atoms with Crippen molar-refractivity contribution >= 4 is 0 Å². The van der Waals surface area contributed by atoms with E-state index >= 15 is 0 Å². The summed E-state index contributed by atoms with van der Waals surface area (Å²) in [6.45, 7) is 10.4. The Morgan fingerprint density at radius 1 is 1.41 bits per heavy atom. The van der Waals surface area contributed by atoms with E-state index in [2.05, 4.69) is 31.7 Å². The monoisotopic (exact) mass is 375 g/mol. The highest BCUT2D eigenvalue weighted by Crippen LogP contribution is 2.54. The second kappa shape index (κ2) is 6.73. The van der Waals surface area contributed by atoms with Crippen LogP contribution in [0.25, 0.3) is 0 Å². The largest absolute Gasteiger partial charge is 0.508 e. The van der Waals surface area contributed by atoms with Crippen LogP contribution in [0.5, 0.6) is 11.5 Å². The number of ether oxygens (including phenoxy) is 1. The van der Waals surface area contributed by atoms with Crippen LogP contribution in [-0.2, 0) is 10.3 Å². The zero-order valence-corrected chi connectivity index (χ0v) is 16.7. The van der Waals surface area contributed by atoms with Gasteiger partial charge in [0.2, 0.25) is 0 Å². The van der Waals surface area contributed by atoms with Crippen molar-refractivity contribution in [2.75, 3.05) is 6.61 Å². The molecular formula is C21H29NO5. The highest BCUT2D eigenvalue weighted by molar-refractivity contribution is 5.54. The molecule has 148 valence electrons. The number of hydrogen-bond acceptors (Lipinski definition) is 5. The Morgan fingerprint density at radius 3 is 2.78 bits per heavy atom. The summed E-state index contributed by atoms with van der Waals surface area (Å²) in [6, 6.07) is 3.78. The van der Waals surface area contributed by atoms with Gasteiger partial charge in [0, 0.05) is 17.4 Å². The standard InChI is InChI=1S/C21H29NO5/c1-13-6-7-16-15(10-13)19-17(23)11-14(12-18(19)27-21(16,4)5)20(2,3)8-9-26-22(24)25/h6,11-12,15-16,23H,7-10H2,1-5H3/t15-,16-/m1/s1. The van der Waals surface area contributed by atoms with Gasteiger partial charge >= 0.3 is 0 Å². The van der Waals surface area contributed by atoms with Crippen molar-refractivity contribution in [3.05, 3.63) is 45.0 Å². The van der Waals surface area contributed by atoms with Gasteiger partial charge in [-0.15, -0.1) is 10.1 Å². The molecule has 0 amide bonds. The maximum absolute atomic E-state index is 10.9. The number of allylic oxidation sites excluding steroid dienone is 2. The Labute approximate surface area is 160 Å². The van der Waals surface area contributed by atoms with E-state index in [1.54, 1.807) is 6.07 Å². The van der Waals surface area contributed by atoms with Gasteiger partial charge in [0.25, 0.3) is 5.09 Å². The Morgan fingerprint density at radius 2 is 2.11 bits per heavy atom. The fourth-order valence-corrected chi connectivity index (χ4v) is 4.47. The first kappa shape index (κ1) is 19.5. The molecule has 2 atom stereocenters. The molecule has 3 rings (SSSR count). The van der Waals surface area contributed by atoms with Crippen molar-refractivity contribution in [3.63, 3.8) is 0 Å². The molecule has 0 spiro atoms. The van der Waals surface area contributed by atoms with Crippen molar-refractivity contribution in [1.82, 2.24) is 0 Å². The molecule has 1 heterocycles. The zero-order valence-electron chi connectivity index (χ0n) is 16.7. The highest BCUT2D eigenvalue weighted by Gasteiger charge is 2.46. The van der Waals surface area contributed by atoms with Crippen LogP contribution in [0.3, 0.4) is 0 Å². The average Bonchev–Trinajstić information content (AvgIpc) is 2.52. The molecule has 0 fully saturated rings. The van der Waals surface area contributed by atoms with Gasteiger partial charge in [-0.05, 0) is 63.1 Å². The molecule has 1 aromatic carbocycles. The van der Waals surface area contributed by atoms with Crippen molar-refractivity contribution in [2.24, 2.45) is 5.92 Å². The van der Waals surface area contributed by atoms with Crippen LogP contribution in [0.4, 0.5) is 0 Å². The van der Waals surface area contributed by atoms with E-state index in [9.17, 15) is 15.2 Å². The fraction of sp³-hybridized carbons (Fsp3) is 0.619. The van der Waals surface area contributed by atoms with E-state index in [-0.39, 0.29) is 23.9 Å². The lowest BCUT2D eigenvalue weighted by Gasteiger charge is -2.47. The van der Waals surface area contributed by atoms with Crippen LogP contribution in [0.1, 0.15) is 70.9 Å². The van der Waals surface area contributed by atoms with Gasteiger partial charge in [-0.1, -0.05) is 25.5 Å². The minimum atomic E-state index is -0.773. The van der Waals surface area contributed by atoms with Gasteiger partial charge < -0.3 is 14.7 Å². The number of phenols is 1. The molecule has 0 saturated heterocycles. The SMILES string of the molecule is CC1=CC[C@@H]2[C@@H](C1)c1c(O)cc(C(C)(C)CCO[N+](=O)[O-])cc1OC2(C)C. The summed E-state index contributed by atoms with van der Waals surface area (Å²) in [5.41, 5.74) is 2.42. The summed E-state index contributed by atoms with van der Waals surface area (Å²) in [5.74, 6) is 1.55. The second-order valence-corrected chi connectivity index (χ2v) is 9.01. The van der Waals surface area contributed by atoms with Crippen LogP contribution in [0, 0.1) is 16.0 Å². The molecule has 0 radical (unpaired) electrons. The smallest absolute Gasteiger partial charge is 0.294 e. The third-order valence-corrected chi connectivity index (χ3v) is 6.21. The number of benzene rings is 1. The van der Waals surface area contributed by atoms with Crippen LogP contribution in [0.15, 0.2) is 23.8 Å². The van der Waals surface area contributed by atoms with Crippen LogP contribution < -0.4 is 4.74 Å². The number of aromatic hydroxyl groups is 1. The van der Waals surface area contributed by atoms with E-state index < -0.39 is 10.5 Å². The third-order valence-electron chi connectivity index (χ3n) is 6.21. The van der Waals surface area contributed by atoms with Gasteiger partial charge in [-0.2, -0.15) is 0 Å². The quantitative estimate of drug-likeness (QED) is 0.451. The predicted molar refractivity (Wildman–Crippen MR) is 103 cm³/mol. The van der Waals surface area contributed by atoms with E-state index in [0.29, 0.717) is 12.3 Å². The van der Waals surface area contributed by atoms with Crippen LogP contribution >= 0.6 is 0 Å². The van der Waals surface area contributed by atoms with Crippen molar-refractivity contribution < 1.29 is 19.8 Å². The topological polar surface area (TPSA) is 81.8 Å². The molecule has 0 aromatic heterocycles. The first-order valence-corrected chi connectivity index (χ1v) is 9.50. The summed E-state index contributed by atoms with van der Waals surface area (Å²) in [5, 5.41) is 20.5. The third kappa shape index (κ3) is 3.75. The summed E-state index contributed by atoms with van der Waals surface area (Å²) < 4.78 is 6.35. The number of fused-ring (bicyclic) bond motifs is 3. The van der Waals surface area contributed by atoms with Gasteiger partial charge in [0.05, 0.1) is 6.61 Å². The van der Waals surface area contributed by atoms with E-state index in [0.717, 1.165) is 29.7 Å². The maximum Gasteiger partial charge on any atom is 0.294 e. The normalized spacial score (nSPS) is 23.5. The number of hydrogen-bond donors (Lipinski definition) is 1. The Balaban J connectivity index is 1.96. The second-order valence-electron chi connectivity index (χ2n) is 9.01. The summed E-state index contributed by atoms with van der Waals surface area (Å²) in [7, 11) is 0. The fourth-order valence-electron chi connectivity index (χ4n) is 4.47. The average molecular weight is 375 g/mol. The molecule has 0 unspecified atom stereocenters. The molecule has 1 aliphatic carbocycles. The predicted octanol–water partition coefficient (Wildman–Crippen LogP) is 4.88. The lowest BCUT2D eigenvalue weighted by molar-refractivity contribution is -0.758. The molecule has 0 saturated carbocycles. The molecular weight excluding hydrogens is 346 g/mol. The number of rotatable bonds is 5. The van der Waals surface area contributed by atoms with E-state index in [1.807, 2.05) is 19.9 Å². The summed E-state index contributed by atoms with van der Waals surface area (Å²) in [6.07, 6.45) is 4.62. The molecule has 1 N–H and O–H groups in total. The van der Waals surface area contributed by atoms with Crippen molar-refractivity contribution in [2.45, 2.75) is 70.8 Å². The molecule has 27 heavy (non-hydrogen) atoms. The van der Waals surface area contributed by atoms with Crippen molar-refractivity contribution in [1.29, 1.82) is 0 Å². The molecule has 2 aliphatic rings.